The number of fused-ring (bicyclic) bond motifs is 2. The molecule has 1 saturated heterocycles. The maximum absolute atomic E-state index is 12.4. The molecule has 4 aromatic rings. The number of phosphoric acid groups is 2. The molecule has 0 spiro atoms. The second-order valence-corrected chi connectivity index (χ2v) is 13.5. The van der Waals surface area contributed by atoms with Gasteiger partial charge in [-0.15, -0.1) is 25.3 Å². The molecule has 5 heterocycles. The molecule has 1 aliphatic heterocycles. The van der Waals surface area contributed by atoms with Crippen molar-refractivity contribution in [1.82, 2.24) is 39.5 Å². The Balaban J connectivity index is 1.19. The number of thiol groups is 2. The van der Waals surface area contributed by atoms with Gasteiger partial charge in [0.05, 0.1) is 31.4 Å². The molecular weight excluding hydrogens is 714 g/mol. The van der Waals surface area contributed by atoms with E-state index in [4.69, 9.17) is 16.2 Å². The number of hydrogen-bond donors (Lipinski definition) is 11. The van der Waals surface area contributed by atoms with E-state index < -0.39 is 70.6 Å². The Morgan fingerprint density at radius 1 is 1.00 bits per heavy atom. The molecular formula is C20H24N10O13P2S2. The number of rotatable bonds is 11. The van der Waals surface area contributed by atoms with E-state index in [0.29, 0.717) is 0 Å². The highest BCUT2D eigenvalue weighted by Gasteiger charge is 2.46. The number of H-pyrrole nitrogens is 2. The normalized spacial score (nSPS) is 23.8. The fourth-order valence-electron chi connectivity index (χ4n) is 4.15. The molecule has 27 heteroatoms. The maximum Gasteiger partial charge on any atom is 0.481 e. The average Bonchev–Trinajstić information content (AvgIpc) is 3.53. The van der Waals surface area contributed by atoms with Crippen molar-refractivity contribution >= 4 is 80.0 Å². The van der Waals surface area contributed by atoms with Crippen LogP contribution in [0.25, 0.3) is 27.2 Å². The zero-order valence-corrected chi connectivity index (χ0v) is 26.7. The molecule has 23 nitrogen and oxygen atoms in total. The van der Waals surface area contributed by atoms with Crippen LogP contribution in [0.2, 0.25) is 0 Å². The van der Waals surface area contributed by atoms with E-state index in [-0.39, 0.29) is 49.7 Å². The number of aliphatic hydroxyl groups is 3. The van der Waals surface area contributed by atoms with Crippen molar-refractivity contribution in [3.05, 3.63) is 43.8 Å². The lowest BCUT2D eigenvalue weighted by Crippen LogP contribution is -2.33. The van der Waals surface area contributed by atoms with E-state index in [1.165, 1.54) is 0 Å². The number of nitrogen functional groups attached to an aromatic ring is 2. The highest BCUT2D eigenvalue weighted by Crippen LogP contribution is 2.60. The zero-order valence-electron chi connectivity index (χ0n) is 23.1. The van der Waals surface area contributed by atoms with E-state index in [0.717, 1.165) is 17.1 Å². The van der Waals surface area contributed by atoms with Gasteiger partial charge in [-0.05, 0) is 0 Å². The predicted molar refractivity (Wildman–Crippen MR) is 164 cm³/mol. The number of nitrogens with two attached hydrogens (primary N) is 2. The Kier molecular flexibility index (Phi) is 9.92. The van der Waals surface area contributed by atoms with Crippen molar-refractivity contribution in [3.8, 4) is 0 Å². The Bertz CT molecular complexity index is 2090. The molecule has 0 saturated carbocycles. The summed E-state index contributed by atoms with van der Waals surface area (Å²) < 4.78 is 44.9. The first-order chi connectivity index (χ1) is 22.0. The smallest absolute Gasteiger partial charge is 0.387 e. The number of hydrogen-bond acceptors (Lipinski definition) is 20. The van der Waals surface area contributed by atoms with E-state index in [2.05, 4.69) is 73.5 Å². The van der Waals surface area contributed by atoms with Crippen molar-refractivity contribution in [1.29, 1.82) is 0 Å². The Morgan fingerprint density at radius 3 is 2.34 bits per heavy atom. The Morgan fingerprint density at radius 2 is 1.64 bits per heavy atom. The minimum atomic E-state index is -5.42. The first kappa shape index (κ1) is 35.0. The number of imidazole rings is 1. The first-order valence-corrected chi connectivity index (χ1v) is 16.6. The summed E-state index contributed by atoms with van der Waals surface area (Å²) >= 11 is 8.28. The standard InChI is InChI=1S/C20H24N10O13P2S2/c21-19-26-14-8(16(34)28-19)25-5(1-23-14)12(46)13(47)6(31)2-40-44(36,37)43-45(38,39)41-3-7-10(32)11(33)18(42-7)30-4-24-9-15(30)27-20(22)29-17(9)35/h1,4,6-7,10-11,18,31-33,46-47H,2-3H2,(H,36,37)(H,38,39)(H3,22,27,29,35)(H3,21,23,26,28,34)/b13-12+. The number of nitrogens with one attached hydrogen (secondary N) is 2. The molecule has 4 aromatic heterocycles. The van der Waals surface area contributed by atoms with Gasteiger partial charge < -0.3 is 41.3 Å². The lowest BCUT2D eigenvalue weighted by atomic mass is 10.1. The van der Waals surface area contributed by atoms with Gasteiger partial charge in [-0.2, -0.15) is 14.3 Å². The molecule has 254 valence electrons. The van der Waals surface area contributed by atoms with Gasteiger partial charge >= 0.3 is 15.6 Å². The summed E-state index contributed by atoms with van der Waals surface area (Å²) in [7, 11) is -10.8. The minimum Gasteiger partial charge on any atom is -0.387 e. The topological polar surface area (TPSA) is 359 Å². The first-order valence-electron chi connectivity index (χ1n) is 12.7. The molecule has 7 unspecified atom stereocenters. The van der Waals surface area contributed by atoms with Gasteiger partial charge in [-0.1, -0.05) is 0 Å². The molecule has 1 aliphatic rings. The van der Waals surface area contributed by atoms with Crippen molar-refractivity contribution in [2.75, 3.05) is 24.7 Å². The Hall–Kier alpha value is -3.29. The second kappa shape index (κ2) is 13.3. The molecule has 0 amide bonds. The SMILES string of the molecule is Nc1nc2ncc(/C(S)=C(\S)C(O)COP(=O)(O)OP(=O)(O)OCC3OC(n4cnc5c(=O)[nH]c(N)nc54)C(O)C3O)nc2c(=O)[nH]1. The van der Waals surface area contributed by atoms with Gasteiger partial charge in [0.15, 0.2) is 28.6 Å². The third kappa shape index (κ3) is 7.57. The molecule has 0 radical (unpaired) electrons. The third-order valence-corrected chi connectivity index (χ3v) is 10.1. The number of aliphatic hydroxyl groups excluding tert-OH is 3. The summed E-state index contributed by atoms with van der Waals surface area (Å²) in [4.78, 5) is 67.8. The van der Waals surface area contributed by atoms with E-state index in [1.54, 1.807) is 0 Å². The van der Waals surface area contributed by atoms with Gasteiger partial charge in [0.2, 0.25) is 11.9 Å². The molecule has 0 aliphatic carbocycles. The summed E-state index contributed by atoms with van der Waals surface area (Å²) in [6.45, 7) is -1.99. The second-order valence-electron chi connectivity index (χ2n) is 9.56. The molecule has 5 rings (SSSR count). The van der Waals surface area contributed by atoms with Gasteiger partial charge in [-0.3, -0.25) is 33.2 Å². The van der Waals surface area contributed by atoms with Gasteiger partial charge in [0.1, 0.15) is 24.4 Å². The van der Waals surface area contributed by atoms with E-state index in [1.807, 2.05) is 0 Å². The summed E-state index contributed by atoms with van der Waals surface area (Å²) in [5.41, 5.74) is 9.01. The number of nitrogens with zero attached hydrogens (tertiary/aromatic N) is 6. The number of aromatic amines is 2. The monoisotopic (exact) mass is 738 g/mol. The fraction of sp³-hybridized carbons (Fsp3) is 0.350. The highest BCUT2D eigenvalue weighted by atomic mass is 32.1. The lowest BCUT2D eigenvalue weighted by Gasteiger charge is -2.20. The van der Waals surface area contributed by atoms with Crippen LogP contribution in [0.15, 0.2) is 27.0 Å². The number of ether oxygens (including phenoxy) is 1. The molecule has 0 bridgehead atoms. The van der Waals surface area contributed by atoms with Crippen molar-refractivity contribution in [2.45, 2.75) is 30.6 Å². The zero-order chi connectivity index (χ0) is 34.4. The summed E-state index contributed by atoms with van der Waals surface area (Å²) in [5.74, 6) is -0.463. The molecule has 1 fully saturated rings. The third-order valence-electron chi connectivity index (χ3n) is 6.30. The van der Waals surface area contributed by atoms with Crippen molar-refractivity contribution in [2.24, 2.45) is 0 Å². The average molecular weight is 739 g/mol. The number of aromatic nitrogens is 8. The minimum absolute atomic E-state index is 0.0578. The van der Waals surface area contributed by atoms with E-state index >= 15 is 0 Å². The lowest BCUT2D eigenvalue weighted by molar-refractivity contribution is -0.0504. The Labute approximate surface area is 270 Å². The quantitative estimate of drug-likeness (QED) is 0.0572. The maximum atomic E-state index is 12.4. The summed E-state index contributed by atoms with van der Waals surface area (Å²) in [5, 5.41) is 31.3. The predicted octanol–water partition coefficient (Wildman–Crippen LogP) is -2.23. The number of phosphoric ester groups is 2. The van der Waals surface area contributed by atoms with Crippen LogP contribution in [0.3, 0.4) is 0 Å². The molecule has 11 N–H and O–H groups in total. The van der Waals surface area contributed by atoms with Crippen LogP contribution < -0.4 is 22.6 Å². The van der Waals surface area contributed by atoms with Crippen LogP contribution in [0.5, 0.6) is 0 Å². The van der Waals surface area contributed by atoms with Crippen LogP contribution in [0, 0.1) is 0 Å². The molecule has 0 aromatic carbocycles. The summed E-state index contributed by atoms with van der Waals surface area (Å²) in [6, 6.07) is 0. The summed E-state index contributed by atoms with van der Waals surface area (Å²) in [6.07, 6.45) is -5.91. The van der Waals surface area contributed by atoms with Crippen LogP contribution in [0.1, 0.15) is 11.9 Å². The van der Waals surface area contributed by atoms with Crippen LogP contribution in [0.4, 0.5) is 11.9 Å². The van der Waals surface area contributed by atoms with Crippen LogP contribution in [-0.2, 0) is 27.2 Å². The van der Waals surface area contributed by atoms with Crippen molar-refractivity contribution < 1.29 is 52.3 Å². The van der Waals surface area contributed by atoms with E-state index in [9.17, 15) is 43.8 Å². The number of anilines is 2. The van der Waals surface area contributed by atoms with Crippen LogP contribution in [-0.4, -0.2) is 102 Å². The molecule has 7 atom stereocenters. The van der Waals surface area contributed by atoms with Gasteiger partial charge in [0, 0.05) is 9.81 Å². The fourth-order valence-corrected chi connectivity index (χ4v) is 6.68. The van der Waals surface area contributed by atoms with Crippen molar-refractivity contribution in [3.63, 3.8) is 0 Å². The highest BCUT2D eigenvalue weighted by molar-refractivity contribution is 7.93. The van der Waals surface area contributed by atoms with Gasteiger partial charge in [0.25, 0.3) is 11.1 Å². The molecule has 47 heavy (non-hydrogen) atoms. The van der Waals surface area contributed by atoms with Gasteiger partial charge in [-0.25, -0.2) is 24.1 Å². The largest absolute Gasteiger partial charge is 0.481 e. The van der Waals surface area contributed by atoms with Crippen LogP contribution >= 0.6 is 40.9 Å².